The van der Waals surface area contributed by atoms with Crippen LogP contribution >= 0.6 is 11.3 Å². The smallest absolute Gasteiger partial charge is 0.319 e. The minimum atomic E-state index is -0.384. The number of benzene rings is 1. The summed E-state index contributed by atoms with van der Waals surface area (Å²) >= 11 is 1.33. The van der Waals surface area contributed by atoms with Gasteiger partial charge in [0.05, 0.1) is 18.4 Å². The quantitative estimate of drug-likeness (QED) is 0.707. The van der Waals surface area contributed by atoms with Crippen LogP contribution in [-0.2, 0) is 13.0 Å². The zero-order chi connectivity index (χ0) is 19.5. The number of carbonyl (C=O) groups excluding carboxylic acids is 2. The lowest BCUT2D eigenvalue weighted by atomic mass is 10.2. The molecule has 1 aliphatic heterocycles. The van der Waals surface area contributed by atoms with Gasteiger partial charge in [-0.3, -0.25) is 15.1 Å². The van der Waals surface area contributed by atoms with E-state index in [9.17, 15) is 14.0 Å². The second-order valence-electron chi connectivity index (χ2n) is 6.04. The first-order valence-electron chi connectivity index (χ1n) is 8.46. The fourth-order valence-electron chi connectivity index (χ4n) is 2.74. The molecule has 0 saturated carbocycles. The zero-order valence-electron chi connectivity index (χ0n) is 14.6. The van der Waals surface area contributed by atoms with Gasteiger partial charge >= 0.3 is 6.03 Å². The number of thiazole rings is 1. The Morgan fingerprint density at radius 2 is 1.96 bits per heavy atom. The SMILES string of the molecule is O=C(Nc1nc2c(s1)CN(C(=O)Nc1ccc(F)cc1)CC2)c1cnccn1. The molecule has 0 aliphatic carbocycles. The lowest BCUT2D eigenvalue weighted by molar-refractivity contribution is 0.102. The van der Waals surface area contributed by atoms with Crippen molar-refractivity contribution in [3.63, 3.8) is 0 Å². The summed E-state index contributed by atoms with van der Waals surface area (Å²) in [4.78, 5) is 39.5. The Morgan fingerprint density at radius 1 is 1.14 bits per heavy atom. The van der Waals surface area contributed by atoms with E-state index in [2.05, 4.69) is 25.6 Å². The monoisotopic (exact) mass is 398 g/mol. The zero-order valence-corrected chi connectivity index (χ0v) is 15.4. The van der Waals surface area contributed by atoms with Gasteiger partial charge in [0.15, 0.2) is 5.13 Å². The van der Waals surface area contributed by atoms with Crippen molar-refractivity contribution in [1.29, 1.82) is 0 Å². The van der Waals surface area contributed by atoms with E-state index in [0.717, 1.165) is 10.6 Å². The van der Waals surface area contributed by atoms with Crippen LogP contribution < -0.4 is 10.6 Å². The number of amides is 3. The van der Waals surface area contributed by atoms with E-state index in [1.165, 1.54) is 54.2 Å². The third kappa shape index (κ3) is 3.96. The molecule has 3 amide bonds. The molecule has 0 unspecified atom stereocenters. The van der Waals surface area contributed by atoms with E-state index in [0.29, 0.717) is 30.3 Å². The predicted molar refractivity (Wildman–Crippen MR) is 102 cm³/mol. The van der Waals surface area contributed by atoms with Crippen molar-refractivity contribution in [2.75, 3.05) is 17.2 Å². The van der Waals surface area contributed by atoms with E-state index < -0.39 is 0 Å². The second-order valence-corrected chi connectivity index (χ2v) is 7.13. The molecule has 28 heavy (non-hydrogen) atoms. The van der Waals surface area contributed by atoms with E-state index in [1.807, 2.05) is 0 Å². The summed E-state index contributed by atoms with van der Waals surface area (Å²) in [6.07, 6.45) is 4.90. The minimum Gasteiger partial charge on any atom is -0.319 e. The van der Waals surface area contributed by atoms with Crippen molar-refractivity contribution in [2.24, 2.45) is 0 Å². The van der Waals surface area contributed by atoms with Gasteiger partial charge in [0.2, 0.25) is 0 Å². The van der Waals surface area contributed by atoms with Gasteiger partial charge < -0.3 is 10.2 Å². The Kier molecular flexibility index (Phi) is 4.94. The molecule has 4 rings (SSSR count). The summed E-state index contributed by atoms with van der Waals surface area (Å²) in [6.45, 7) is 0.891. The normalized spacial score (nSPS) is 13.0. The third-order valence-electron chi connectivity index (χ3n) is 4.13. The molecule has 0 radical (unpaired) electrons. The molecular formula is C18H15FN6O2S. The van der Waals surface area contributed by atoms with Crippen LogP contribution in [0.4, 0.5) is 20.0 Å². The molecule has 3 heterocycles. The Labute approximate surface area is 163 Å². The Bertz CT molecular complexity index is 1010. The van der Waals surface area contributed by atoms with Gasteiger partial charge in [-0.2, -0.15) is 0 Å². The summed E-state index contributed by atoms with van der Waals surface area (Å²) in [5.41, 5.74) is 1.60. The maximum atomic E-state index is 13.0. The highest BCUT2D eigenvalue weighted by atomic mass is 32.1. The van der Waals surface area contributed by atoms with Crippen molar-refractivity contribution in [2.45, 2.75) is 13.0 Å². The number of hydrogen-bond donors (Lipinski definition) is 2. The standard InChI is InChI=1S/C18H15FN6O2S/c19-11-1-3-12(4-2-11)22-18(27)25-8-5-13-15(10-25)28-17(23-13)24-16(26)14-9-20-6-7-21-14/h1-4,6-7,9H,5,8,10H2,(H,22,27)(H,23,24,26). The largest absolute Gasteiger partial charge is 0.322 e. The number of hydrogen-bond acceptors (Lipinski definition) is 6. The highest BCUT2D eigenvalue weighted by molar-refractivity contribution is 7.15. The average Bonchev–Trinajstić information content (AvgIpc) is 3.11. The van der Waals surface area contributed by atoms with Crippen LogP contribution in [0.5, 0.6) is 0 Å². The Morgan fingerprint density at radius 3 is 2.71 bits per heavy atom. The first-order chi connectivity index (χ1) is 13.6. The fraction of sp³-hybridized carbons (Fsp3) is 0.167. The molecule has 0 spiro atoms. The summed E-state index contributed by atoms with van der Waals surface area (Å²) in [6, 6.07) is 5.33. The second kappa shape index (κ2) is 7.69. The maximum absolute atomic E-state index is 13.0. The Hall–Kier alpha value is -3.40. The molecule has 3 aromatic rings. The van der Waals surface area contributed by atoms with Gasteiger partial charge in [0.1, 0.15) is 11.5 Å². The maximum Gasteiger partial charge on any atom is 0.322 e. The lowest BCUT2D eigenvalue weighted by Crippen LogP contribution is -2.38. The van der Waals surface area contributed by atoms with Crippen molar-refractivity contribution in [3.05, 3.63) is 64.9 Å². The van der Waals surface area contributed by atoms with E-state index in [1.54, 1.807) is 4.90 Å². The van der Waals surface area contributed by atoms with Gasteiger partial charge in [-0.1, -0.05) is 11.3 Å². The molecule has 142 valence electrons. The lowest BCUT2D eigenvalue weighted by Gasteiger charge is -2.26. The number of anilines is 2. The number of rotatable bonds is 3. The first-order valence-corrected chi connectivity index (χ1v) is 9.27. The third-order valence-corrected chi connectivity index (χ3v) is 5.13. The molecule has 2 N–H and O–H groups in total. The van der Waals surface area contributed by atoms with Gasteiger partial charge in [-0.25, -0.2) is 19.2 Å². The van der Waals surface area contributed by atoms with Gasteiger partial charge in [0.25, 0.3) is 5.91 Å². The van der Waals surface area contributed by atoms with E-state index in [4.69, 9.17) is 0 Å². The number of carbonyl (C=O) groups is 2. The van der Waals surface area contributed by atoms with Crippen LogP contribution in [0, 0.1) is 5.82 Å². The van der Waals surface area contributed by atoms with Crippen LogP contribution in [0.25, 0.3) is 0 Å². The summed E-state index contributed by atoms with van der Waals surface area (Å²) < 4.78 is 13.0. The van der Waals surface area contributed by atoms with E-state index in [-0.39, 0.29) is 23.4 Å². The molecule has 0 bridgehead atoms. The highest BCUT2D eigenvalue weighted by Gasteiger charge is 2.25. The minimum absolute atomic E-state index is 0.205. The number of halogens is 1. The molecule has 2 aromatic heterocycles. The number of aromatic nitrogens is 3. The van der Waals surface area contributed by atoms with Crippen molar-refractivity contribution in [3.8, 4) is 0 Å². The molecule has 1 aromatic carbocycles. The topological polar surface area (TPSA) is 100 Å². The molecule has 0 fully saturated rings. The van der Waals surface area contributed by atoms with Gasteiger partial charge in [-0.05, 0) is 24.3 Å². The molecule has 0 saturated heterocycles. The van der Waals surface area contributed by atoms with Crippen molar-refractivity contribution in [1.82, 2.24) is 19.9 Å². The summed E-state index contributed by atoms with van der Waals surface area (Å²) in [5.74, 6) is -0.744. The van der Waals surface area contributed by atoms with E-state index >= 15 is 0 Å². The number of nitrogens with zero attached hydrogens (tertiary/aromatic N) is 4. The van der Waals surface area contributed by atoms with Crippen LogP contribution in [0.2, 0.25) is 0 Å². The summed E-state index contributed by atoms with van der Waals surface area (Å²) in [7, 11) is 0. The molecule has 10 heteroatoms. The van der Waals surface area contributed by atoms with Crippen molar-refractivity contribution < 1.29 is 14.0 Å². The van der Waals surface area contributed by atoms with Crippen LogP contribution in [0.15, 0.2) is 42.9 Å². The number of fused-ring (bicyclic) bond motifs is 1. The van der Waals surface area contributed by atoms with Gasteiger partial charge in [-0.15, -0.1) is 0 Å². The van der Waals surface area contributed by atoms with Crippen LogP contribution in [0.1, 0.15) is 21.1 Å². The van der Waals surface area contributed by atoms with Crippen LogP contribution in [-0.4, -0.2) is 38.3 Å². The Balaban J connectivity index is 1.40. The van der Waals surface area contributed by atoms with Crippen molar-refractivity contribution >= 4 is 34.1 Å². The van der Waals surface area contributed by atoms with Gasteiger partial charge in [0, 0.05) is 35.9 Å². The fourth-order valence-corrected chi connectivity index (χ4v) is 3.75. The molecular weight excluding hydrogens is 383 g/mol. The molecule has 8 nitrogen and oxygen atoms in total. The van der Waals surface area contributed by atoms with Crippen LogP contribution in [0.3, 0.4) is 0 Å². The predicted octanol–water partition coefficient (Wildman–Crippen LogP) is 2.91. The molecule has 1 aliphatic rings. The number of nitrogens with one attached hydrogen (secondary N) is 2. The highest BCUT2D eigenvalue weighted by Crippen LogP contribution is 2.29. The summed E-state index contributed by atoms with van der Waals surface area (Å²) in [5, 5.41) is 5.93. The first kappa shape index (κ1) is 18.0. The average molecular weight is 398 g/mol. The molecule has 0 atom stereocenters. The number of urea groups is 1.